The Hall–Kier alpha value is -4.88. The molecular formula is C43H60N8O5. The second-order valence-corrected chi connectivity index (χ2v) is 15.7. The number of H-pyrrole nitrogens is 1. The third-order valence-corrected chi connectivity index (χ3v) is 11.9. The zero-order valence-electron chi connectivity index (χ0n) is 33.6. The van der Waals surface area contributed by atoms with Crippen LogP contribution in [0.2, 0.25) is 0 Å². The largest absolute Gasteiger partial charge is 0.507 e. The molecule has 13 nitrogen and oxygen atoms in total. The minimum Gasteiger partial charge on any atom is -0.507 e. The number of piperidine rings is 1. The van der Waals surface area contributed by atoms with Crippen molar-refractivity contribution in [2.75, 3.05) is 50.6 Å². The molecule has 5 heterocycles. The Morgan fingerprint density at radius 3 is 2.43 bits per heavy atom. The van der Waals surface area contributed by atoms with Gasteiger partial charge < -0.3 is 50.1 Å². The van der Waals surface area contributed by atoms with Crippen molar-refractivity contribution < 1.29 is 23.9 Å². The molecule has 2 fully saturated rings. The highest BCUT2D eigenvalue weighted by molar-refractivity contribution is 5.86. The summed E-state index contributed by atoms with van der Waals surface area (Å²) >= 11 is 0. The van der Waals surface area contributed by atoms with Crippen LogP contribution in [0.4, 0.5) is 11.8 Å². The number of methoxy groups -OCH3 is 1. The number of rotatable bonds is 12. The first-order valence-electron chi connectivity index (χ1n) is 20.2. The number of carbonyl (C=O) groups is 1. The van der Waals surface area contributed by atoms with Gasteiger partial charge in [0.1, 0.15) is 17.9 Å². The molecule has 3 aromatic heterocycles. The summed E-state index contributed by atoms with van der Waals surface area (Å²) in [6.45, 7) is 12.5. The van der Waals surface area contributed by atoms with E-state index in [4.69, 9.17) is 30.7 Å². The van der Waals surface area contributed by atoms with Crippen molar-refractivity contribution >= 4 is 29.8 Å². The number of aromatic hydroxyl groups is 1. The van der Waals surface area contributed by atoms with E-state index in [0.29, 0.717) is 59.2 Å². The van der Waals surface area contributed by atoms with Gasteiger partial charge in [-0.1, -0.05) is 26.0 Å². The number of nitrogens with zero attached hydrogens (tertiary/aromatic N) is 5. The number of likely N-dealkylation sites (tertiary alicyclic amines) is 1. The van der Waals surface area contributed by atoms with Crippen LogP contribution in [0.3, 0.4) is 0 Å². The summed E-state index contributed by atoms with van der Waals surface area (Å²) in [5.74, 6) is 3.29. The van der Waals surface area contributed by atoms with E-state index < -0.39 is 0 Å². The van der Waals surface area contributed by atoms with Gasteiger partial charge in [-0.05, 0) is 112 Å². The van der Waals surface area contributed by atoms with E-state index in [9.17, 15) is 9.90 Å². The van der Waals surface area contributed by atoms with Gasteiger partial charge >= 0.3 is 0 Å². The lowest BCUT2D eigenvalue weighted by Crippen LogP contribution is -2.43. The van der Waals surface area contributed by atoms with Crippen LogP contribution >= 0.6 is 0 Å². The van der Waals surface area contributed by atoms with E-state index >= 15 is 0 Å². The molecule has 4 aromatic rings. The molecule has 1 aromatic carbocycles. The summed E-state index contributed by atoms with van der Waals surface area (Å²) in [4.78, 5) is 29.5. The Morgan fingerprint density at radius 1 is 1.09 bits per heavy atom. The van der Waals surface area contributed by atoms with Gasteiger partial charge in [-0.25, -0.2) is 9.97 Å². The molecule has 6 N–H and O–H groups in total. The number of hydrogen-bond donors (Lipinski definition) is 4. The van der Waals surface area contributed by atoms with E-state index in [0.717, 1.165) is 81.5 Å². The van der Waals surface area contributed by atoms with Crippen LogP contribution in [0, 0.1) is 11.8 Å². The molecule has 0 amide bonds. The van der Waals surface area contributed by atoms with Gasteiger partial charge in [0.25, 0.3) is 5.88 Å². The highest BCUT2D eigenvalue weighted by atomic mass is 16.5. The lowest BCUT2D eigenvalue weighted by Gasteiger charge is -2.40. The number of phenols is 1. The standard InChI is InChI=1S/C40H52N8O4.C3H8O/c1-24(2)32(22-49)36-19-37(46-52-36)51-23-26-8-10-29(11-9-26)47-15-12-27(13-16-47)28-20-43-40(44-21-28)48-17-14-34-38(25(48)3)31(39(42)45-34)18-33(41)30-6-4-5-7-35(30)50;1-3-4-2/h4-7,18-22,24-27,29,32,45,50H,8-17,23,41-42H2,1-3H3;3H2,1-2H3/b33-18-;. The van der Waals surface area contributed by atoms with Crippen molar-refractivity contribution in [3.63, 3.8) is 0 Å². The number of para-hydroxylation sites is 1. The summed E-state index contributed by atoms with van der Waals surface area (Å²) in [7, 11) is 1.68. The summed E-state index contributed by atoms with van der Waals surface area (Å²) in [6.07, 6.45) is 14.5. The van der Waals surface area contributed by atoms with Gasteiger partial charge in [-0.2, -0.15) is 0 Å². The van der Waals surface area contributed by atoms with Crippen molar-refractivity contribution in [3.8, 4) is 11.6 Å². The monoisotopic (exact) mass is 768 g/mol. The molecular weight excluding hydrogens is 709 g/mol. The summed E-state index contributed by atoms with van der Waals surface area (Å²) in [5, 5.41) is 14.4. The van der Waals surface area contributed by atoms with E-state index in [1.807, 2.05) is 45.3 Å². The highest BCUT2D eigenvalue weighted by Crippen LogP contribution is 2.39. The second kappa shape index (κ2) is 18.8. The average Bonchev–Trinajstić information content (AvgIpc) is 3.81. The molecule has 2 atom stereocenters. The quantitative estimate of drug-likeness (QED) is 0.108. The predicted molar refractivity (Wildman–Crippen MR) is 219 cm³/mol. The smallest absolute Gasteiger partial charge is 0.254 e. The van der Waals surface area contributed by atoms with Gasteiger partial charge in [-0.3, -0.25) is 0 Å². The molecule has 302 valence electrons. The first-order chi connectivity index (χ1) is 27.1. The lowest BCUT2D eigenvalue weighted by atomic mass is 9.83. The molecule has 2 unspecified atom stereocenters. The van der Waals surface area contributed by atoms with Crippen LogP contribution in [-0.2, 0) is 16.0 Å². The molecule has 1 aliphatic carbocycles. The minimum atomic E-state index is -0.295. The number of aromatic nitrogens is 4. The summed E-state index contributed by atoms with van der Waals surface area (Å²) in [5.41, 5.74) is 18.2. The van der Waals surface area contributed by atoms with Crippen molar-refractivity contribution in [1.82, 2.24) is 25.0 Å². The van der Waals surface area contributed by atoms with Crippen LogP contribution in [0.25, 0.3) is 11.8 Å². The number of nitrogen functional groups attached to an aromatic ring is 1. The lowest BCUT2D eigenvalue weighted by molar-refractivity contribution is -0.110. The van der Waals surface area contributed by atoms with Gasteiger partial charge in [0.05, 0.1) is 18.6 Å². The maximum absolute atomic E-state index is 11.4. The molecule has 3 aliphatic rings. The number of carbonyl (C=O) groups excluding carboxylic acids is 1. The van der Waals surface area contributed by atoms with Gasteiger partial charge in [0.2, 0.25) is 5.95 Å². The number of phenolic OH excluding ortho intramolecular Hbond substituents is 1. The van der Waals surface area contributed by atoms with Gasteiger partial charge in [0, 0.05) is 79.3 Å². The molecule has 0 bridgehead atoms. The Kier molecular flexibility index (Phi) is 13.7. The number of nitrogens with two attached hydrogens (primary N) is 2. The Balaban J connectivity index is 0.00000127. The van der Waals surface area contributed by atoms with Gasteiger partial charge in [-0.15, -0.1) is 0 Å². The van der Waals surface area contributed by atoms with Crippen molar-refractivity contribution in [2.45, 2.75) is 96.6 Å². The number of fused-ring (bicyclic) bond motifs is 1. The Morgan fingerprint density at radius 2 is 1.79 bits per heavy atom. The van der Waals surface area contributed by atoms with E-state index in [1.54, 1.807) is 31.4 Å². The maximum Gasteiger partial charge on any atom is 0.254 e. The van der Waals surface area contributed by atoms with E-state index in [-0.39, 0.29) is 23.6 Å². The third-order valence-electron chi connectivity index (χ3n) is 11.9. The summed E-state index contributed by atoms with van der Waals surface area (Å²) in [6, 6.07) is 9.42. The number of hydrogen-bond acceptors (Lipinski definition) is 12. The first-order valence-corrected chi connectivity index (χ1v) is 20.2. The highest BCUT2D eigenvalue weighted by Gasteiger charge is 2.33. The number of aromatic amines is 1. The molecule has 0 spiro atoms. The maximum atomic E-state index is 11.4. The van der Waals surface area contributed by atoms with Crippen LogP contribution in [0.1, 0.15) is 118 Å². The molecule has 0 radical (unpaired) electrons. The van der Waals surface area contributed by atoms with E-state index in [1.165, 1.54) is 18.4 Å². The molecule has 1 saturated carbocycles. The fourth-order valence-corrected chi connectivity index (χ4v) is 8.46. The third kappa shape index (κ3) is 9.38. The molecule has 13 heteroatoms. The Labute approximate surface area is 330 Å². The minimum absolute atomic E-state index is 0.0162. The van der Waals surface area contributed by atoms with Crippen LogP contribution in [-0.4, -0.2) is 82.4 Å². The summed E-state index contributed by atoms with van der Waals surface area (Å²) < 4.78 is 15.9. The fraction of sp³-hybridized carbons (Fsp3) is 0.535. The predicted octanol–water partition coefficient (Wildman–Crippen LogP) is 7.07. The SMILES string of the molecule is CC(C)C(C=O)c1cc(OCC2CCC(N3CCC(c4cnc(N5CCc6[nH]c(N)c(/C=C(\N)c7ccccc7O)c6C5C)nc4)CC3)CC2)no1.CCOC. The number of nitrogens with one attached hydrogen (secondary N) is 1. The van der Waals surface area contributed by atoms with Crippen LogP contribution in [0.5, 0.6) is 11.6 Å². The topological polar surface area (TPSA) is 182 Å². The average molecular weight is 769 g/mol. The van der Waals surface area contributed by atoms with Crippen molar-refractivity contribution in [1.29, 1.82) is 0 Å². The number of aldehydes is 1. The van der Waals surface area contributed by atoms with E-state index in [2.05, 4.69) is 31.6 Å². The first kappa shape index (κ1) is 40.8. The van der Waals surface area contributed by atoms with Crippen LogP contribution < -0.4 is 21.1 Å². The number of ether oxygens (including phenoxy) is 2. The molecule has 56 heavy (non-hydrogen) atoms. The molecule has 1 saturated heterocycles. The van der Waals surface area contributed by atoms with Gasteiger partial charge in [0.15, 0.2) is 5.76 Å². The zero-order chi connectivity index (χ0) is 39.8. The number of benzene rings is 1. The van der Waals surface area contributed by atoms with Crippen LogP contribution in [0.15, 0.2) is 47.2 Å². The molecule has 2 aliphatic heterocycles. The Bertz CT molecular complexity index is 1890. The van der Waals surface area contributed by atoms with Crippen molar-refractivity contribution in [2.24, 2.45) is 17.6 Å². The zero-order valence-corrected chi connectivity index (χ0v) is 33.6. The molecule has 7 rings (SSSR count). The second-order valence-electron chi connectivity index (χ2n) is 15.7. The normalized spacial score (nSPS) is 21.3. The van der Waals surface area contributed by atoms with Crippen molar-refractivity contribution in [3.05, 3.63) is 76.4 Å². The fourth-order valence-electron chi connectivity index (χ4n) is 8.46. The number of anilines is 2.